The third kappa shape index (κ3) is 5.06. The highest BCUT2D eigenvalue weighted by Gasteiger charge is 2.19. The summed E-state index contributed by atoms with van der Waals surface area (Å²) in [6, 6.07) is 19.8. The van der Waals surface area contributed by atoms with E-state index in [4.69, 9.17) is 23.2 Å². The summed E-state index contributed by atoms with van der Waals surface area (Å²) in [5, 5.41) is 12.4. The van der Waals surface area contributed by atoms with E-state index >= 15 is 0 Å². The number of phenols is 1. The summed E-state index contributed by atoms with van der Waals surface area (Å²) in [7, 11) is 0. The molecule has 3 heteroatoms. The second-order valence-corrected chi connectivity index (χ2v) is 8.87. The normalized spacial score (nSPS) is 11.6. The smallest absolute Gasteiger partial charge is 0.122 e. The van der Waals surface area contributed by atoms with E-state index < -0.39 is 0 Å². The molecule has 0 fully saturated rings. The zero-order chi connectivity index (χ0) is 19.6. The van der Waals surface area contributed by atoms with Gasteiger partial charge in [0.2, 0.25) is 0 Å². The van der Waals surface area contributed by atoms with E-state index in [-0.39, 0.29) is 5.41 Å². The molecule has 0 amide bonds. The van der Waals surface area contributed by atoms with Gasteiger partial charge in [0.15, 0.2) is 0 Å². The van der Waals surface area contributed by atoms with Crippen LogP contribution in [0, 0.1) is 0 Å². The lowest BCUT2D eigenvalue weighted by atomic mass is 9.83. The minimum atomic E-state index is -0.00279. The van der Waals surface area contributed by atoms with Gasteiger partial charge in [0.05, 0.1) is 0 Å². The first kappa shape index (κ1) is 19.8. The Morgan fingerprint density at radius 1 is 0.704 bits per heavy atom. The highest BCUT2D eigenvalue weighted by molar-refractivity contribution is 6.30. The molecule has 140 valence electrons. The molecule has 3 rings (SSSR count). The van der Waals surface area contributed by atoms with Gasteiger partial charge in [-0.15, -0.1) is 0 Å². The van der Waals surface area contributed by atoms with E-state index in [1.807, 2.05) is 48.5 Å². The number of aromatic hydroxyl groups is 1. The molecule has 0 heterocycles. The van der Waals surface area contributed by atoms with Gasteiger partial charge in [-0.3, -0.25) is 0 Å². The first-order valence-electron chi connectivity index (χ1n) is 9.06. The fourth-order valence-corrected chi connectivity index (χ4v) is 3.36. The van der Waals surface area contributed by atoms with E-state index in [9.17, 15) is 5.11 Å². The van der Waals surface area contributed by atoms with Crippen LogP contribution in [0.25, 0.3) is 0 Å². The number of hydrogen-bond acceptors (Lipinski definition) is 1. The molecule has 1 N–H and O–H groups in total. The lowest BCUT2D eigenvalue weighted by molar-refractivity contribution is 0.462. The molecule has 0 radical (unpaired) electrons. The molecule has 0 spiro atoms. The third-order valence-corrected chi connectivity index (χ3v) is 5.25. The number of hydrogen-bond donors (Lipinski definition) is 1. The van der Waals surface area contributed by atoms with Crippen molar-refractivity contribution in [1.29, 1.82) is 0 Å². The van der Waals surface area contributed by atoms with Crippen molar-refractivity contribution in [3.05, 3.63) is 98.5 Å². The summed E-state index contributed by atoms with van der Waals surface area (Å²) < 4.78 is 0. The van der Waals surface area contributed by atoms with Crippen molar-refractivity contribution in [2.75, 3.05) is 0 Å². The molecule has 3 aromatic rings. The Morgan fingerprint density at radius 3 is 1.41 bits per heavy atom. The maximum atomic E-state index is 11.0. The van der Waals surface area contributed by atoms with Gasteiger partial charge in [0.1, 0.15) is 5.75 Å². The van der Waals surface area contributed by atoms with Crippen molar-refractivity contribution in [3.8, 4) is 5.75 Å². The molecule has 0 unspecified atom stereocenters. The summed E-state index contributed by atoms with van der Waals surface area (Å²) in [5.74, 6) is 0.368. The molecule has 0 bridgehead atoms. The van der Waals surface area contributed by atoms with Crippen LogP contribution in [0.3, 0.4) is 0 Å². The summed E-state index contributed by atoms with van der Waals surface area (Å²) in [4.78, 5) is 0. The molecule has 0 aliphatic rings. The Balaban J connectivity index is 2.01. The maximum Gasteiger partial charge on any atom is 0.122 e. The molecule has 3 aromatic carbocycles. The van der Waals surface area contributed by atoms with Crippen molar-refractivity contribution >= 4 is 23.2 Å². The summed E-state index contributed by atoms with van der Waals surface area (Å²) >= 11 is 12.0. The SMILES string of the molecule is CC(C)(C)c1cc(Cc2ccc(Cl)cc2)c(O)c(Cc2ccc(Cl)cc2)c1. The van der Waals surface area contributed by atoms with Crippen LogP contribution in [0.1, 0.15) is 48.6 Å². The van der Waals surface area contributed by atoms with Crippen LogP contribution in [0.2, 0.25) is 10.0 Å². The standard InChI is InChI=1S/C24H24Cl2O/c1-24(2,3)20-14-18(12-16-4-8-21(25)9-5-16)23(27)19(15-20)13-17-6-10-22(26)11-7-17/h4-11,14-15,27H,12-13H2,1-3H3. The molecular formula is C24H24Cl2O. The van der Waals surface area contributed by atoms with Crippen molar-refractivity contribution in [2.45, 2.75) is 39.0 Å². The first-order valence-corrected chi connectivity index (χ1v) is 9.82. The van der Waals surface area contributed by atoms with Crippen LogP contribution in [0.15, 0.2) is 60.7 Å². The van der Waals surface area contributed by atoms with Crippen LogP contribution in [0.4, 0.5) is 0 Å². The third-order valence-electron chi connectivity index (χ3n) is 4.75. The molecule has 0 aromatic heterocycles. The minimum absolute atomic E-state index is 0.00279. The molecule has 0 atom stereocenters. The maximum absolute atomic E-state index is 11.0. The lowest BCUT2D eigenvalue weighted by Gasteiger charge is -2.23. The van der Waals surface area contributed by atoms with Crippen molar-refractivity contribution in [3.63, 3.8) is 0 Å². The fraction of sp³-hybridized carbons (Fsp3) is 0.250. The van der Waals surface area contributed by atoms with E-state index in [2.05, 4.69) is 32.9 Å². The Kier molecular flexibility index (Phi) is 5.83. The quantitative estimate of drug-likeness (QED) is 0.493. The van der Waals surface area contributed by atoms with E-state index in [1.54, 1.807) is 0 Å². The molecular weight excluding hydrogens is 375 g/mol. The predicted molar refractivity (Wildman–Crippen MR) is 115 cm³/mol. The van der Waals surface area contributed by atoms with Crippen molar-refractivity contribution in [2.24, 2.45) is 0 Å². The zero-order valence-electron chi connectivity index (χ0n) is 15.9. The molecule has 0 saturated heterocycles. The second kappa shape index (κ2) is 7.96. The molecule has 0 aliphatic heterocycles. The van der Waals surface area contributed by atoms with Gasteiger partial charge in [0.25, 0.3) is 0 Å². The first-order chi connectivity index (χ1) is 12.7. The van der Waals surface area contributed by atoms with Gasteiger partial charge in [-0.2, -0.15) is 0 Å². The van der Waals surface area contributed by atoms with Crippen LogP contribution in [-0.4, -0.2) is 5.11 Å². The molecule has 27 heavy (non-hydrogen) atoms. The highest BCUT2D eigenvalue weighted by atomic mass is 35.5. The largest absolute Gasteiger partial charge is 0.507 e. The van der Waals surface area contributed by atoms with E-state index in [0.717, 1.165) is 32.3 Å². The van der Waals surface area contributed by atoms with Crippen LogP contribution in [-0.2, 0) is 18.3 Å². The van der Waals surface area contributed by atoms with Gasteiger partial charge in [-0.1, -0.05) is 80.4 Å². The Morgan fingerprint density at radius 2 is 1.07 bits per heavy atom. The molecule has 1 nitrogen and oxygen atoms in total. The van der Waals surface area contributed by atoms with Crippen molar-refractivity contribution < 1.29 is 5.11 Å². The molecule has 0 saturated carbocycles. The lowest BCUT2D eigenvalue weighted by Crippen LogP contribution is -2.12. The average molecular weight is 399 g/mol. The second-order valence-electron chi connectivity index (χ2n) is 8.00. The van der Waals surface area contributed by atoms with Crippen LogP contribution in [0.5, 0.6) is 5.75 Å². The van der Waals surface area contributed by atoms with E-state index in [0.29, 0.717) is 18.6 Å². The van der Waals surface area contributed by atoms with Gasteiger partial charge in [-0.25, -0.2) is 0 Å². The van der Waals surface area contributed by atoms with Gasteiger partial charge >= 0.3 is 0 Å². The predicted octanol–water partition coefficient (Wildman–Crippen LogP) is 7.18. The van der Waals surface area contributed by atoms with Gasteiger partial charge in [0, 0.05) is 22.9 Å². The van der Waals surface area contributed by atoms with Crippen molar-refractivity contribution in [1.82, 2.24) is 0 Å². The Labute approximate surface area is 171 Å². The van der Waals surface area contributed by atoms with Crippen LogP contribution >= 0.6 is 23.2 Å². The fourth-order valence-electron chi connectivity index (χ4n) is 3.11. The Hall–Kier alpha value is -1.96. The highest BCUT2D eigenvalue weighted by Crippen LogP contribution is 2.34. The number of halogens is 2. The van der Waals surface area contributed by atoms with Gasteiger partial charge < -0.3 is 5.11 Å². The topological polar surface area (TPSA) is 20.2 Å². The summed E-state index contributed by atoms with van der Waals surface area (Å²) in [5.41, 5.74) is 5.34. The minimum Gasteiger partial charge on any atom is -0.507 e. The summed E-state index contributed by atoms with van der Waals surface area (Å²) in [6.45, 7) is 6.58. The number of benzene rings is 3. The van der Waals surface area contributed by atoms with Crippen LogP contribution < -0.4 is 0 Å². The van der Waals surface area contributed by atoms with E-state index in [1.165, 1.54) is 5.56 Å². The zero-order valence-corrected chi connectivity index (χ0v) is 17.4. The monoisotopic (exact) mass is 398 g/mol. The number of rotatable bonds is 4. The Bertz CT molecular complexity index is 852. The average Bonchev–Trinajstić information content (AvgIpc) is 2.61. The number of phenolic OH excluding ortho intramolecular Hbond substituents is 1. The van der Waals surface area contributed by atoms with Gasteiger partial charge in [-0.05, 0) is 57.5 Å². The molecule has 0 aliphatic carbocycles. The summed E-state index contributed by atoms with van der Waals surface area (Å²) in [6.07, 6.45) is 1.33.